The summed E-state index contributed by atoms with van der Waals surface area (Å²) in [4.78, 5) is 32.7. The zero-order valence-corrected chi connectivity index (χ0v) is 21.1. The maximum absolute atomic E-state index is 13.2. The maximum Gasteiger partial charge on any atom is 0.319 e. The smallest absolute Gasteiger partial charge is 0.319 e. The molecule has 1 saturated heterocycles. The lowest BCUT2D eigenvalue weighted by molar-refractivity contribution is -0.118. The van der Waals surface area contributed by atoms with E-state index in [1.807, 2.05) is 54.6 Å². The van der Waals surface area contributed by atoms with Crippen molar-refractivity contribution in [3.8, 4) is 5.75 Å². The monoisotopic (exact) mass is 507 g/mol. The molecule has 0 bridgehead atoms. The molecule has 3 aromatic rings. The average Bonchev–Trinajstić information content (AvgIpc) is 2.88. The van der Waals surface area contributed by atoms with Gasteiger partial charge < -0.3 is 25.2 Å². The van der Waals surface area contributed by atoms with E-state index in [1.54, 1.807) is 42.2 Å². The summed E-state index contributed by atoms with van der Waals surface area (Å²) in [7, 11) is 3.50. The average molecular weight is 508 g/mol. The Labute approximate surface area is 216 Å². The summed E-state index contributed by atoms with van der Waals surface area (Å²) < 4.78 is 5.99. The molecule has 8 nitrogen and oxygen atoms in total. The molecule has 1 fully saturated rings. The van der Waals surface area contributed by atoms with E-state index >= 15 is 0 Å². The lowest BCUT2D eigenvalue weighted by Crippen LogP contribution is -2.54. The number of likely N-dealkylation sites (N-methyl/N-ethyl adjacent to an activating group) is 2. The summed E-state index contributed by atoms with van der Waals surface area (Å²) in [6.07, 6.45) is 2.18. The van der Waals surface area contributed by atoms with E-state index in [0.717, 1.165) is 17.5 Å². The van der Waals surface area contributed by atoms with Crippen molar-refractivity contribution in [1.29, 1.82) is 0 Å². The molecule has 188 valence electrons. The van der Waals surface area contributed by atoms with E-state index in [2.05, 4.69) is 15.6 Å². The number of carbonyl (C=O) groups is 2. The van der Waals surface area contributed by atoms with E-state index in [-0.39, 0.29) is 18.0 Å². The summed E-state index contributed by atoms with van der Waals surface area (Å²) in [5.41, 5.74) is 2.00. The van der Waals surface area contributed by atoms with E-state index in [1.165, 1.54) is 0 Å². The van der Waals surface area contributed by atoms with Crippen LogP contribution >= 0.6 is 11.6 Å². The van der Waals surface area contributed by atoms with Crippen LogP contribution in [0.2, 0.25) is 5.02 Å². The fourth-order valence-corrected chi connectivity index (χ4v) is 4.25. The predicted octanol–water partition coefficient (Wildman–Crippen LogP) is 3.99. The number of carbonyl (C=O) groups excluding carboxylic acids is 2. The molecule has 0 aliphatic carbocycles. The number of pyridine rings is 1. The van der Waals surface area contributed by atoms with Crippen LogP contribution in [0.1, 0.15) is 17.2 Å². The van der Waals surface area contributed by atoms with Gasteiger partial charge in [-0.3, -0.25) is 4.79 Å². The molecule has 2 aromatic carbocycles. The highest BCUT2D eigenvalue weighted by atomic mass is 35.5. The Morgan fingerprint density at radius 2 is 1.75 bits per heavy atom. The molecule has 9 heteroatoms. The molecule has 0 saturated carbocycles. The second-order valence-corrected chi connectivity index (χ2v) is 9.26. The molecular weight excluding hydrogens is 478 g/mol. The molecule has 1 aromatic heterocycles. The van der Waals surface area contributed by atoms with Crippen molar-refractivity contribution in [2.24, 2.45) is 0 Å². The van der Waals surface area contributed by atoms with Crippen molar-refractivity contribution >= 4 is 29.4 Å². The third-order valence-electron chi connectivity index (χ3n) is 5.97. The predicted molar refractivity (Wildman–Crippen MR) is 140 cm³/mol. The van der Waals surface area contributed by atoms with Gasteiger partial charge >= 0.3 is 6.03 Å². The van der Waals surface area contributed by atoms with Crippen molar-refractivity contribution < 1.29 is 14.3 Å². The van der Waals surface area contributed by atoms with Gasteiger partial charge in [-0.1, -0.05) is 54.1 Å². The molecule has 4 rings (SSSR count). The third-order valence-corrected chi connectivity index (χ3v) is 6.22. The third kappa shape index (κ3) is 6.74. The normalized spacial score (nSPS) is 15.0. The van der Waals surface area contributed by atoms with Crippen LogP contribution in [-0.2, 0) is 11.2 Å². The topological polar surface area (TPSA) is 86.8 Å². The quantitative estimate of drug-likeness (QED) is 0.457. The zero-order chi connectivity index (χ0) is 25.5. The molecule has 3 amide bonds. The zero-order valence-electron chi connectivity index (χ0n) is 20.4. The fraction of sp³-hybridized carbons (Fsp3) is 0.296. The van der Waals surface area contributed by atoms with Crippen LogP contribution in [0.3, 0.4) is 0 Å². The minimum Gasteiger partial charge on any atom is -0.485 e. The number of aromatic nitrogens is 1. The van der Waals surface area contributed by atoms with Gasteiger partial charge in [0.1, 0.15) is 23.7 Å². The second-order valence-electron chi connectivity index (χ2n) is 8.83. The first-order chi connectivity index (χ1) is 17.4. The standard InChI is InChI=1S/C27H30ClN5O3/c1-32-17-23(18-33(2)27(32)35)36-22-12-13-24(30-16-22)31-26(34)25(20-6-4-3-5-7-20)29-15-14-19-8-10-21(28)11-9-19/h3-13,16,23,25,29H,14-15,17-18H2,1-2H3,(H,30,31,34)/t25-/m0/s1. The first-order valence-corrected chi connectivity index (χ1v) is 12.2. The van der Waals surface area contributed by atoms with Gasteiger partial charge in [0.25, 0.3) is 0 Å². The van der Waals surface area contributed by atoms with Crippen LogP contribution in [0.25, 0.3) is 0 Å². The number of anilines is 1. The number of halogens is 1. The Morgan fingerprint density at radius 1 is 1.06 bits per heavy atom. The molecule has 2 heterocycles. The summed E-state index contributed by atoms with van der Waals surface area (Å²) in [6.45, 7) is 1.62. The second kappa shape index (κ2) is 11.9. The SMILES string of the molecule is CN1CC(Oc2ccc(NC(=O)[C@@H](NCCc3ccc(Cl)cc3)c3ccccc3)nc2)CN(C)C1=O. The molecular formula is C27H30ClN5O3. The largest absolute Gasteiger partial charge is 0.485 e. The molecule has 2 N–H and O–H groups in total. The Balaban J connectivity index is 1.36. The van der Waals surface area contributed by atoms with E-state index in [9.17, 15) is 9.59 Å². The Morgan fingerprint density at radius 3 is 2.39 bits per heavy atom. The van der Waals surface area contributed by atoms with E-state index in [4.69, 9.17) is 16.3 Å². The number of ether oxygens (including phenoxy) is 1. The van der Waals surface area contributed by atoms with Gasteiger partial charge in [0.15, 0.2) is 0 Å². The van der Waals surface area contributed by atoms with Crippen LogP contribution < -0.4 is 15.4 Å². The molecule has 1 atom stereocenters. The first kappa shape index (κ1) is 25.5. The summed E-state index contributed by atoms with van der Waals surface area (Å²) in [5.74, 6) is 0.809. The lowest BCUT2D eigenvalue weighted by Gasteiger charge is -2.36. The summed E-state index contributed by atoms with van der Waals surface area (Å²) in [5, 5.41) is 6.96. The van der Waals surface area contributed by atoms with Gasteiger partial charge in [-0.15, -0.1) is 0 Å². The summed E-state index contributed by atoms with van der Waals surface area (Å²) >= 11 is 5.97. The van der Waals surface area contributed by atoms with Gasteiger partial charge in [0, 0.05) is 25.7 Å². The fourth-order valence-electron chi connectivity index (χ4n) is 4.12. The minimum absolute atomic E-state index is 0.0271. The molecule has 1 aliphatic heterocycles. The maximum atomic E-state index is 13.2. The van der Waals surface area contributed by atoms with E-state index < -0.39 is 6.04 Å². The van der Waals surface area contributed by atoms with Gasteiger partial charge in [0.2, 0.25) is 5.91 Å². The number of urea groups is 1. The number of benzene rings is 2. The number of rotatable bonds is 9. The van der Waals surface area contributed by atoms with Crippen molar-refractivity contribution in [3.05, 3.63) is 89.1 Å². The van der Waals surface area contributed by atoms with Crippen LogP contribution in [0.4, 0.5) is 10.6 Å². The van der Waals surface area contributed by atoms with Gasteiger partial charge in [-0.05, 0) is 41.8 Å². The number of hydrogen-bond donors (Lipinski definition) is 2. The van der Waals surface area contributed by atoms with Crippen molar-refractivity contribution in [3.63, 3.8) is 0 Å². The van der Waals surface area contributed by atoms with Crippen molar-refractivity contribution in [2.45, 2.75) is 18.6 Å². The highest BCUT2D eigenvalue weighted by molar-refractivity contribution is 6.30. The van der Waals surface area contributed by atoms with Crippen LogP contribution in [0, 0.1) is 0 Å². The molecule has 0 unspecified atom stereocenters. The number of nitrogens with zero attached hydrogens (tertiary/aromatic N) is 3. The van der Waals surface area contributed by atoms with E-state index in [0.29, 0.717) is 36.2 Å². The van der Waals surface area contributed by atoms with Crippen LogP contribution in [0.15, 0.2) is 72.9 Å². The first-order valence-electron chi connectivity index (χ1n) is 11.8. The highest BCUT2D eigenvalue weighted by Gasteiger charge is 2.28. The number of amides is 3. The van der Waals surface area contributed by atoms with Gasteiger partial charge in [-0.2, -0.15) is 0 Å². The molecule has 1 aliphatic rings. The molecule has 36 heavy (non-hydrogen) atoms. The number of hydrogen-bond acceptors (Lipinski definition) is 5. The Hall–Kier alpha value is -3.62. The highest BCUT2D eigenvalue weighted by Crippen LogP contribution is 2.19. The van der Waals surface area contributed by atoms with Crippen LogP contribution in [-0.4, -0.2) is 66.6 Å². The Kier molecular flexibility index (Phi) is 8.40. The summed E-state index contributed by atoms with van der Waals surface area (Å²) in [6, 6.07) is 20.2. The van der Waals surface area contributed by atoms with Crippen LogP contribution in [0.5, 0.6) is 5.75 Å². The molecule has 0 spiro atoms. The number of nitrogens with one attached hydrogen (secondary N) is 2. The van der Waals surface area contributed by atoms with Crippen molar-refractivity contribution in [2.75, 3.05) is 39.0 Å². The lowest BCUT2D eigenvalue weighted by atomic mass is 10.1. The van der Waals surface area contributed by atoms with Gasteiger partial charge in [-0.25, -0.2) is 9.78 Å². The Bertz CT molecular complexity index is 1140. The minimum atomic E-state index is -0.540. The van der Waals surface area contributed by atoms with Crippen molar-refractivity contribution in [1.82, 2.24) is 20.1 Å². The van der Waals surface area contributed by atoms with Gasteiger partial charge in [0.05, 0.1) is 19.3 Å². The molecule has 0 radical (unpaired) electrons.